The number of aromatic amines is 1. The van der Waals surface area contributed by atoms with Crippen LogP contribution in [-0.2, 0) is 12.4 Å². The molecule has 0 amide bonds. The van der Waals surface area contributed by atoms with Gasteiger partial charge >= 0.3 is 12.4 Å². The van der Waals surface area contributed by atoms with Crippen molar-refractivity contribution < 1.29 is 26.3 Å². The van der Waals surface area contributed by atoms with E-state index < -0.39 is 28.6 Å². The van der Waals surface area contributed by atoms with Crippen LogP contribution in [0.2, 0.25) is 5.02 Å². The molecule has 1 aromatic carbocycles. The van der Waals surface area contributed by atoms with E-state index in [1.54, 1.807) is 5.10 Å². The van der Waals surface area contributed by atoms with Crippen LogP contribution in [0.4, 0.5) is 26.3 Å². The number of hydrogen-bond acceptors (Lipinski definition) is 1. The van der Waals surface area contributed by atoms with Gasteiger partial charge in [-0.3, -0.25) is 5.10 Å². The Kier molecular flexibility index (Phi) is 3.45. The van der Waals surface area contributed by atoms with E-state index >= 15 is 0 Å². The quantitative estimate of drug-likeness (QED) is 0.755. The smallest absolute Gasteiger partial charge is 0.272 e. The Morgan fingerprint density at radius 1 is 0.900 bits per heavy atom. The highest BCUT2D eigenvalue weighted by Crippen LogP contribution is 2.38. The van der Waals surface area contributed by atoms with Crippen LogP contribution in [0, 0.1) is 0 Å². The van der Waals surface area contributed by atoms with Crippen molar-refractivity contribution >= 4 is 11.6 Å². The van der Waals surface area contributed by atoms with E-state index in [9.17, 15) is 26.3 Å². The highest BCUT2D eigenvalue weighted by atomic mass is 35.5. The minimum absolute atomic E-state index is 0.0507. The maximum Gasteiger partial charge on any atom is 0.434 e. The third-order valence-electron chi connectivity index (χ3n) is 2.48. The Morgan fingerprint density at radius 3 is 1.85 bits per heavy atom. The van der Waals surface area contributed by atoms with Crippen molar-refractivity contribution in [3.8, 4) is 11.3 Å². The van der Waals surface area contributed by atoms with E-state index in [0.717, 1.165) is 24.3 Å². The normalized spacial score (nSPS) is 12.8. The fourth-order valence-corrected chi connectivity index (χ4v) is 1.83. The molecule has 1 N–H and O–H groups in total. The summed E-state index contributed by atoms with van der Waals surface area (Å²) in [7, 11) is 0. The lowest BCUT2D eigenvalue weighted by Gasteiger charge is -2.07. The van der Waals surface area contributed by atoms with Gasteiger partial charge in [-0.25, -0.2) is 0 Å². The Labute approximate surface area is 113 Å². The van der Waals surface area contributed by atoms with Gasteiger partial charge in [0.15, 0.2) is 5.69 Å². The molecular formula is C11H5ClF6N2. The fourth-order valence-electron chi connectivity index (χ4n) is 1.52. The molecule has 1 aromatic heterocycles. The van der Waals surface area contributed by atoms with Crippen LogP contribution < -0.4 is 0 Å². The minimum Gasteiger partial charge on any atom is -0.272 e. The van der Waals surface area contributed by atoms with Gasteiger partial charge in [-0.1, -0.05) is 23.7 Å². The monoisotopic (exact) mass is 314 g/mol. The van der Waals surface area contributed by atoms with Gasteiger partial charge in [-0.2, -0.15) is 31.4 Å². The molecule has 0 spiro atoms. The average molecular weight is 315 g/mol. The van der Waals surface area contributed by atoms with Crippen molar-refractivity contribution in [3.05, 3.63) is 40.5 Å². The first-order chi connectivity index (χ1) is 9.10. The molecule has 0 aliphatic heterocycles. The summed E-state index contributed by atoms with van der Waals surface area (Å²) in [6.45, 7) is 0. The number of halogens is 7. The molecule has 2 rings (SSSR count). The van der Waals surface area contributed by atoms with Gasteiger partial charge in [0.25, 0.3) is 0 Å². The number of hydrogen-bond donors (Lipinski definition) is 1. The van der Waals surface area contributed by atoms with Crippen molar-refractivity contribution in [2.45, 2.75) is 12.4 Å². The molecule has 0 atom stereocenters. The van der Waals surface area contributed by atoms with E-state index in [0.29, 0.717) is 0 Å². The summed E-state index contributed by atoms with van der Waals surface area (Å²) in [5.74, 6) is 0. The second-order valence-corrected chi connectivity index (χ2v) is 4.21. The molecule has 20 heavy (non-hydrogen) atoms. The number of alkyl halides is 6. The van der Waals surface area contributed by atoms with Crippen LogP contribution in [0.25, 0.3) is 11.3 Å². The number of aromatic nitrogens is 2. The first-order valence-corrected chi connectivity index (χ1v) is 5.47. The van der Waals surface area contributed by atoms with E-state index in [4.69, 9.17) is 11.6 Å². The largest absolute Gasteiger partial charge is 0.434 e. The SMILES string of the molecule is FC(F)(F)c1ccc(-c2n[nH]c(C(F)(F)F)c2Cl)cc1. The Hall–Kier alpha value is -1.70. The van der Waals surface area contributed by atoms with Crippen LogP contribution in [-0.4, -0.2) is 10.2 Å². The summed E-state index contributed by atoms with van der Waals surface area (Å²) < 4.78 is 74.6. The molecule has 2 aromatic rings. The number of H-pyrrole nitrogens is 1. The molecule has 9 heteroatoms. The first-order valence-electron chi connectivity index (χ1n) is 5.09. The predicted molar refractivity (Wildman–Crippen MR) is 59.0 cm³/mol. The summed E-state index contributed by atoms with van der Waals surface area (Å²) >= 11 is 5.54. The lowest BCUT2D eigenvalue weighted by atomic mass is 10.1. The topological polar surface area (TPSA) is 28.7 Å². The molecule has 2 nitrogen and oxygen atoms in total. The zero-order chi connectivity index (χ0) is 15.1. The minimum atomic E-state index is -4.71. The molecule has 0 saturated heterocycles. The summed E-state index contributed by atoms with van der Waals surface area (Å²) in [4.78, 5) is 0. The van der Waals surface area contributed by atoms with Crippen LogP contribution in [0.5, 0.6) is 0 Å². The van der Waals surface area contributed by atoms with Gasteiger partial charge in [0, 0.05) is 5.56 Å². The summed E-state index contributed by atoms with van der Waals surface area (Å²) in [6, 6.07) is 3.50. The Balaban J connectivity index is 2.41. The number of benzene rings is 1. The number of nitrogens with zero attached hydrogens (tertiary/aromatic N) is 1. The Morgan fingerprint density at radius 2 is 1.45 bits per heavy atom. The maximum absolute atomic E-state index is 12.5. The van der Waals surface area contributed by atoms with Crippen molar-refractivity contribution in [1.82, 2.24) is 10.2 Å². The average Bonchev–Trinajstić information content (AvgIpc) is 2.70. The molecule has 1 heterocycles. The highest BCUT2D eigenvalue weighted by Gasteiger charge is 2.37. The van der Waals surface area contributed by atoms with E-state index in [-0.39, 0.29) is 11.3 Å². The van der Waals surface area contributed by atoms with E-state index in [1.807, 2.05) is 0 Å². The van der Waals surface area contributed by atoms with Crippen molar-refractivity contribution in [2.24, 2.45) is 0 Å². The molecule has 108 valence electrons. The third-order valence-corrected chi connectivity index (χ3v) is 2.84. The fraction of sp³-hybridized carbons (Fsp3) is 0.182. The van der Waals surface area contributed by atoms with Gasteiger partial charge in [0.2, 0.25) is 0 Å². The molecule has 0 aliphatic rings. The second kappa shape index (κ2) is 4.69. The summed E-state index contributed by atoms with van der Waals surface area (Å²) in [5, 5.41) is 4.43. The number of rotatable bonds is 1. The van der Waals surface area contributed by atoms with Gasteiger partial charge < -0.3 is 0 Å². The molecule has 0 saturated carbocycles. The van der Waals surface area contributed by atoms with E-state index in [1.165, 1.54) is 0 Å². The first kappa shape index (κ1) is 14.7. The summed E-state index contributed by atoms with van der Waals surface area (Å²) in [5.41, 5.74) is -2.36. The van der Waals surface area contributed by atoms with Crippen LogP contribution in [0.15, 0.2) is 24.3 Å². The highest BCUT2D eigenvalue weighted by molar-refractivity contribution is 6.33. The molecule has 0 fully saturated rings. The zero-order valence-corrected chi connectivity index (χ0v) is 10.2. The van der Waals surface area contributed by atoms with Gasteiger partial charge in [-0.05, 0) is 12.1 Å². The Bertz CT molecular complexity index is 611. The van der Waals surface area contributed by atoms with Gasteiger partial charge in [-0.15, -0.1) is 0 Å². The van der Waals surface area contributed by atoms with E-state index in [2.05, 4.69) is 5.10 Å². The molecule has 0 radical (unpaired) electrons. The van der Waals surface area contributed by atoms with Gasteiger partial charge in [0.1, 0.15) is 5.69 Å². The van der Waals surface area contributed by atoms with Crippen LogP contribution >= 0.6 is 11.6 Å². The maximum atomic E-state index is 12.5. The molecule has 0 bridgehead atoms. The van der Waals surface area contributed by atoms with Crippen LogP contribution in [0.3, 0.4) is 0 Å². The standard InChI is InChI=1S/C11H5ClF6N2/c12-7-8(19-20-9(7)11(16,17)18)5-1-3-6(4-2-5)10(13,14)15/h1-4H,(H,19,20). The molecular weight excluding hydrogens is 310 g/mol. The third kappa shape index (κ3) is 2.74. The summed E-state index contributed by atoms with van der Waals surface area (Å²) in [6.07, 6.45) is -9.24. The zero-order valence-electron chi connectivity index (χ0n) is 9.40. The number of nitrogens with one attached hydrogen (secondary N) is 1. The van der Waals surface area contributed by atoms with Crippen molar-refractivity contribution in [1.29, 1.82) is 0 Å². The lowest BCUT2D eigenvalue weighted by Crippen LogP contribution is -2.06. The van der Waals surface area contributed by atoms with Crippen molar-refractivity contribution in [2.75, 3.05) is 0 Å². The predicted octanol–water partition coefficient (Wildman–Crippen LogP) is 4.77. The lowest BCUT2D eigenvalue weighted by molar-refractivity contribution is -0.141. The molecule has 0 unspecified atom stereocenters. The second-order valence-electron chi connectivity index (χ2n) is 3.83. The molecule has 0 aliphatic carbocycles. The van der Waals surface area contributed by atoms with Crippen LogP contribution in [0.1, 0.15) is 11.3 Å². The van der Waals surface area contributed by atoms with Gasteiger partial charge in [0.05, 0.1) is 10.6 Å². The van der Waals surface area contributed by atoms with Crippen molar-refractivity contribution in [3.63, 3.8) is 0 Å².